The minimum atomic E-state index is -0.217. The zero-order valence-corrected chi connectivity index (χ0v) is 18.6. The Morgan fingerprint density at radius 1 is 0.394 bits per heavy atom. The highest BCUT2D eigenvalue weighted by Gasteiger charge is 2.36. The van der Waals surface area contributed by atoms with Gasteiger partial charge in [0.2, 0.25) is 0 Å². The molecule has 0 aromatic heterocycles. The first-order valence-electron chi connectivity index (χ1n) is 11.2. The number of phenolic OH excluding ortho intramolecular Hbond substituents is 1. The van der Waals surface area contributed by atoms with Crippen LogP contribution in [0.25, 0.3) is 0 Å². The topological polar surface area (TPSA) is 20.2 Å². The van der Waals surface area contributed by atoms with Crippen LogP contribution in [0.1, 0.15) is 22.3 Å². The lowest BCUT2D eigenvalue weighted by atomic mass is 9.66. The Balaban J connectivity index is 0.000000318. The molecule has 0 heterocycles. The Morgan fingerprint density at radius 3 is 1.00 bits per heavy atom. The second kappa shape index (κ2) is 11.0. The maximum Gasteiger partial charge on any atom is 0.115 e. The Kier molecular flexibility index (Phi) is 7.35. The number of aromatic hydroxyl groups is 1. The fraction of sp³-hybridized carbons (Fsp3) is 0.0625. The van der Waals surface area contributed by atoms with E-state index in [9.17, 15) is 0 Å². The van der Waals surface area contributed by atoms with Crippen molar-refractivity contribution < 1.29 is 5.11 Å². The molecule has 162 valence electrons. The smallest absolute Gasteiger partial charge is 0.115 e. The van der Waals surface area contributed by atoms with Gasteiger partial charge in [0.05, 0.1) is 0 Å². The van der Waals surface area contributed by atoms with E-state index in [0.29, 0.717) is 5.75 Å². The maximum atomic E-state index is 8.63. The Morgan fingerprint density at radius 2 is 0.697 bits per heavy atom. The summed E-state index contributed by atoms with van der Waals surface area (Å²) in [5, 5.41) is 8.63. The molecular formula is C32H28O. The van der Waals surface area contributed by atoms with Crippen LogP contribution in [0.3, 0.4) is 0 Å². The van der Waals surface area contributed by atoms with E-state index in [4.69, 9.17) is 5.11 Å². The molecule has 1 N–H and O–H groups in total. The van der Waals surface area contributed by atoms with E-state index in [0.717, 1.165) is 6.42 Å². The van der Waals surface area contributed by atoms with E-state index < -0.39 is 0 Å². The fourth-order valence-corrected chi connectivity index (χ4v) is 4.30. The van der Waals surface area contributed by atoms with E-state index in [1.54, 1.807) is 24.3 Å². The molecular weight excluding hydrogens is 400 g/mol. The van der Waals surface area contributed by atoms with E-state index in [1.807, 2.05) is 6.07 Å². The van der Waals surface area contributed by atoms with E-state index in [1.165, 1.54) is 22.3 Å². The minimum Gasteiger partial charge on any atom is -0.508 e. The van der Waals surface area contributed by atoms with E-state index >= 15 is 0 Å². The molecule has 0 unspecified atom stereocenters. The largest absolute Gasteiger partial charge is 0.508 e. The molecule has 5 aromatic carbocycles. The van der Waals surface area contributed by atoms with Gasteiger partial charge in [-0.1, -0.05) is 140 Å². The summed E-state index contributed by atoms with van der Waals surface area (Å²) in [6.45, 7) is 0. The summed E-state index contributed by atoms with van der Waals surface area (Å²) in [4.78, 5) is 0. The standard InChI is InChI=1S/C26H22.C6H6O/c1-5-13-22(14-6-1)21-26(23-15-7-2-8-16-23,24-17-9-3-10-18-24)25-19-11-4-12-20-25;7-6-4-2-1-3-5-6/h1-20H,21H2;1-5,7H. The van der Waals surface area contributed by atoms with Crippen LogP contribution in [-0.2, 0) is 11.8 Å². The molecule has 0 aliphatic carbocycles. The van der Waals surface area contributed by atoms with Crippen LogP contribution in [-0.4, -0.2) is 5.11 Å². The lowest BCUT2D eigenvalue weighted by Crippen LogP contribution is -2.32. The molecule has 33 heavy (non-hydrogen) atoms. The predicted molar refractivity (Wildman–Crippen MR) is 137 cm³/mol. The van der Waals surface area contributed by atoms with Crippen LogP contribution in [0.2, 0.25) is 0 Å². The Labute approximate surface area is 196 Å². The number of phenols is 1. The third kappa shape index (κ3) is 5.39. The van der Waals surface area contributed by atoms with E-state index in [2.05, 4.69) is 121 Å². The van der Waals surface area contributed by atoms with Crippen molar-refractivity contribution in [2.45, 2.75) is 11.8 Å². The highest BCUT2D eigenvalue weighted by atomic mass is 16.3. The monoisotopic (exact) mass is 428 g/mol. The van der Waals surface area contributed by atoms with Crippen molar-refractivity contribution in [2.75, 3.05) is 0 Å². The first kappa shape index (κ1) is 22.1. The van der Waals surface area contributed by atoms with Gasteiger partial charge in [-0.05, 0) is 40.8 Å². The zero-order chi connectivity index (χ0) is 22.8. The summed E-state index contributed by atoms with van der Waals surface area (Å²) in [6, 6.07) is 52.1. The molecule has 1 heteroatoms. The zero-order valence-electron chi connectivity index (χ0n) is 18.6. The average Bonchev–Trinajstić information content (AvgIpc) is 2.90. The van der Waals surface area contributed by atoms with E-state index in [-0.39, 0.29) is 5.41 Å². The summed E-state index contributed by atoms with van der Waals surface area (Å²) < 4.78 is 0. The summed E-state index contributed by atoms with van der Waals surface area (Å²) in [5.74, 6) is 0.322. The van der Waals surface area contributed by atoms with Crippen LogP contribution in [0.15, 0.2) is 152 Å². The first-order valence-corrected chi connectivity index (χ1v) is 11.2. The highest BCUT2D eigenvalue weighted by Crippen LogP contribution is 2.41. The summed E-state index contributed by atoms with van der Waals surface area (Å²) in [6.07, 6.45) is 0.922. The molecule has 0 fully saturated rings. The molecule has 0 aliphatic heterocycles. The van der Waals surface area contributed by atoms with Gasteiger partial charge in [-0.2, -0.15) is 0 Å². The van der Waals surface area contributed by atoms with Gasteiger partial charge >= 0.3 is 0 Å². The summed E-state index contributed by atoms with van der Waals surface area (Å²) in [7, 11) is 0. The molecule has 0 atom stereocenters. The molecule has 5 rings (SSSR count). The third-order valence-corrected chi connectivity index (χ3v) is 5.87. The molecule has 0 bridgehead atoms. The van der Waals surface area contributed by atoms with Crippen molar-refractivity contribution in [2.24, 2.45) is 0 Å². The van der Waals surface area contributed by atoms with Crippen molar-refractivity contribution in [1.82, 2.24) is 0 Å². The van der Waals surface area contributed by atoms with Crippen LogP contribution in [0.5, 0.6) is 5.75 Å². The first-order chi connectivity index (χ1) is 16.3. The van der Waals surface area contributed by atoms with Crippen molar-refractivity contribution in [3.8, 4) is 5.75 Å². The van der Waals surface area contributed by atoms with Gasteiger partial charge in [0.25, 0.3) is 0 Å². The van der Waals surface area contributed by atoms with Crippen molar-refractivity contribution in [3.05, 3.63) is 174 Å². The number of rotatable bonds is 5. The number of para-hydroxylation sites is 1. The second-order valence-corrected chi connectivity index (χ2v) is 8.00. The van der Waals surface area contributed by atoms with Crippen molar-refractivity contribution in [3.63, 3.8) is 0 Å². The van der Waals surface area contributed by atoms with Gasteiger partial charge in [0.15, 0.2) is 0 Å². The molecule has 1 nitrogen and oxygen atoms in total. The minimum absolute atomic E-state index is 0.217. The van der Waals surface area contributed by atoms with Crippen molar-refractivity contribution in [1.29, 1.82) is 0 Å². The van der Waals surface area contributed by atoms with Gasteiger partial charge in [0.1, 0.15) is 5.75 Å². The van der Waals surface area contributed by atoms with Crippen LogP contribution >= 0.6 is 0 Å². The third-order valence-electron chi connectivity index (χ3n) is 5.87. The van der Waals surface area contributed by atoms with Gasteiger partial charge in [-0.25, -0.2) is 0 Å². The quantitative estimate of drug-likeness (QED) is 0.285. The maximum absolute atomic E-state index is 8.63. The molecule has 0 saturated heterocycles. The average molecular weight is 429 g/mol. The van der Waals surface area contributed by atoms with Gasteiger partial charge in [-0.3, -0.25) is 0 Å². The Hall–Kier alpha value is -4.10. The predicted octanol–water partition coefficient (Wildman–Crippen LogP) is 7.66. The molecule has 0 saturated carbocycles. The molecule has 0 aliphatic rings. The number of hydrogen-bond acceptors (Lipinski definition) is 1. The second-order valence-electron chi connectivity index (χ2n) is 8.00. The SMILES string of the molecule is Oc1ccccc1.c1ccc(CC(c2ccccc2)(c2ccccc2)c2ccccc2)cc1. The molecule has 5 aromatic rings. The fourth-order valence-electron chi connectivity index (χ4n) is 4.30. The highest BCUT2D eigenvalue weighted by molar-refractivity contribution is 5.52. The van der Waals surface area contributed by atoms with Gasteiger partial charge in [-0.15, -0.1) is 0 Å². The molecule has 0 radical (unpaired) electrons. The van der Waals surface area contributed by atoms with Gasteiger partial charge < -0.3 is 5.11 Å². The van der Waals surface area contributed by atoms with Crippen LogP contribution in [0, 0.1) is 0 Å². The Bertz CT molecular complexity index is 1110. The lowest BCUT2D eigenvalue weighted by Gasteiger charge is -2.36. The van der Waals surface area contributed by atoms with Crippen LogP contribution in [0.4, 0.5) is 0 Å². The van der Waals surface area contributed by atoms with Gasteiger partial charge in [0, 0.05) is 5.41 Å². The normalized spacial score (nSPS) is 10.7. The molecule has 0 spiro atoms. The number of hydrogen-bond donors (Lipinski definition) is 1. The van der Waals surface area contributed by atoms with Crippen molar-refractivity contribution >= 4 is 0 Å². The summed E-state index contributed by atoms with van der Waals surface area (Å²) >= 11 is 0. The molecule has 0 amide bonds. The van der Waals surface area contributed by atoms with Crippen LogP contribution < -0.4 is 0 Å². The lowest BCUT2D eigenvalue weighted by molar-refractivity contribution is 0.475. The summed E-state index contributed by atoms with van der Waals surface area (Å²) in [5.41, 5.74) is 5.08. The number of benzene rings is 5.